The number of nitrogens with one attached hydrogen (secondary N) is 1. The Bertz CT molecular complexity index is 691. The largest absolute Gasteiger partial charge is 0.472 e. The summed E-state index contributed by atoms with van der Waals surface area (Å²) in [6.07, 6.45) is 2.37. The van der Waals surface area contributed by atoms with E-state index in [0.29, 0.717) is 24.5 Å². The molecule has 124 valence electrons. The van der Waals surface area contributed by atoms with Crippen molar-refractivity contribution in [1.29, 1.82) is 0 Å². The van der Waals surface area contributed by atoms with Crippen LogP contribution in [0.3, 0.4) is 0 Å². The van der Waals surface area contributed by atoms with Crippen molar-refractivity contribution < 1.29 is 14.3 Å². The van der Waals surface area contributed by atoms with Crippen LogP contribution in [0.25, 0.3) is 0 Å². The van der Waals surface area contributed by atoms with Crippen LogP contribution in [-0.4, -0.2) is 47.4 Å². The number of aromatic nitrogens is 1. The Morgan fingerprint density at radius 3 is 2.71 bits per heavy atom. The number of hydrogen-bond acceptors (Lipinski definition) is 4. The first-order valence-electron chi connectivity index (χ1n) is 7.91. The van der Waals surface area contributed by atoms with Gasteiger partial charge in [0.05, 0.1) is 13.1 Å². The fourth-order valence-corrected chi connectivity index (χ4v) is 2.60. The molecule has 3 rings (SSSR count). The van der Waals surface area contributed by atoms with E-state index in [0.717, 1.165) is 6.42 Å². The monoisotopic (exact) mass is 325 g/mol. The molecule has 1 aromatic carbocycles. The summed E-state index contributed by atoms with van der Waals surface area (Å²) in [4.78, 5) is 30.0. The zero-order chi connectivity index (χ0) is 16.8. The van der Waals surface area contributed by atoms with Crippen LogP contribution in [0.5, 0.6) is 5.88 Å². The number of ether oxygens (including phenoxy) is 1. The van der Waals surface area contributed by atoms with Gasteiger partial charge in [0.15, 0.2) is 0 Å². The van der Waals surface area contributed by atoms with Crippen molar-refractivity contribution in [3.8, 4) is 5.88 Å². The van der Waals surface area contributed by atoms with Gasteiger partial charge in [0.1, 0.15) is 6.10 Å². The summed E-state index contributed by atoms with van der Waals surface area (Å²) in [5.74, 6) is 0.213. The van der Waals surface area contributed by atoms with Gasteiger partial charge in [-0.15, -0.1) is 0 Å². The molecule has 0 aliphatic carbocycles. The number of rotatable bonds is 5. The van der Waals surface area contributed by atoms with E-state index in [1.54, 1.807) is 41.4 Å². The number of likely N-dealkylation sites (tertiary alicyclic amines) is 1. The van der Waals surface area contributed by atoms with Gasteiger partial charge in [-0.1, -0.05) is 24.3 Å². The third-order valence-corrected chi connectivity index (χ3v) is 3.86. The Morgan fingerprint density at radius 1 is 1.17 bits per heavy atom. The molecule has 24 heavy (non-hydrogen) atoms. The zero-order valence-electron chi connectivity index (χ0n) is 13.2. The van der Waals surface area contributed by atoms with Crippen molar-refractivity contribution in [2.24, 2.45) is 0 Å². The first kappa shape index (κ1) is 16.0. The van der Waals surface area contributed by atoms with E-state index in [1.165, 1.54) is 0 Å². The van der Waals surface area contributed by atoms with Crippen LogP contribution in [0.1, 0.15) is 16.8 Å². The number of nitrogens with zero attached hydrogens (tertiary/aromatic N) is 2. The maximum atomic E-state index is 12.2. The highest BCUT2D eigenvalue weighted by atomic mass is 16.5. The second-order valence-corrected chi connectivity index (χ2v) is 5.58. The molecular weight excluding hydrogens is 306 g/mol. The maximum absolute atomic E-state index is 12.2. The molecule has 1 aliphatic heterocycles. The van der Waals surface area contributed by atoms with E-state index in [4.69, 9.17) is 4.74 Å². The van der Waals surface area contributed by atoms with Gasteiger partial charge < -0.3 is 15.0 Å². The molecular formula is C18H19N3O3. The molecule has 1 unspecified atom stereocenters. The molecule has 0 bridgehead atoms. The highest BCUT2D eigenvalue weighted by molar-refractivity contribution is 5.96. The molecule has 1 aliphatic rings. The second kappa shape index (κ2) is 7.59. The third kappa shape index (κ3) is 4.10. The summed E-state index contributed by atoms with van der Waals surface area (Å²) >= 11 is 0. The van der Waals surface area contributed by atoms with Crippen LogP contribution in [0.2, 0.25) is 0 Å². The summed E-state index contributed by atoms with van der Waals surface area (Å²) in [6.45, 7) is 1.12. The van der Waals surface area contributed by atoms with Crippen molar-refractivity contribution in [3.63, 3.8) is 0 Å². The van der Waals surface area contributed by atoms with Crippen LogP contribution in [-0.2, 0) is 4.79 Å². The summed E-state index contributed by atoms with van der Waals surface area (Å²) in [6, 6.07) is 14.3. The van der Waals surface area contributed by atoms with Crippen LogP contribution < -0.4 is 10.1 Å². The molecule has 1 fully saturated rings. The molecule has 6 heteroatoms. The summed E-state index contributed by atoms with van der Waals surface area (Å²) in [5.41, 5.74) is 0.545. The Kier molecular flexibility index (Phi) is 5.05. The maximum Gasteiger partial charge on any atom is 0.251 e. The molecule has 6 nitrogen and oxygen atoms in total. The number of carbonyl (C=O) groups is 2. The number of benzene rings is 1. The quantitative estimate of drug-likeness (QED) is 0.904. The lowest BCUT2D eigenvalue weighted by Crippen LogP contribution is -2.39. The van der Waals surface area contributed by atoms with E-state index >= 15 is 0 Å². The molecule has 2 heterocycles. The van der Waals surface area contributed by atoms with E-state index in [-0.39, 0.29) is 24.5 Å². The minimum atomic E-state index is -0.246. The molecule has 2 amide bonds. The van der Waals surface area contributed by atoms with E-state index in [9.17, 15) is 9.59 Å². The average molecular weight is 325 g/mol. The fourth-order valence-electron chi connectivity index (χ4n) is 2.60. The van der Waals surface area contributed by atoms with E-state index in [2.05, 4.69) is 10.3 Å². The molecule has 1 atom stereocenters. The summed E-state index contributed by atoms with van der Waals surface area (Å²) < 4.78 is 5.76. The highest BCUT2D eigenvalue weighted by Gasteiger charge is 2.27. The number of hydrogen-bond donors (Lipinski definition) is 1. The van der Waals surface area contributed by atoms with Gasteiger partial charge in [0, 0.05) is 30.8 Å². The highest BCUT2D eigenvalue weighted by Crippen LogP contribution is 2.16. The first-order valence-corrected chi connectivity index (χ1v) is 7.91. The van der Waals surface area contributed by atoms with Crippen LogP contribution >= 0.6 is 0 Å². The molecule has 1 N–H and O–H groups in total. The minimum absolute atomic E-state index is 0.00989. The van der Waals surface area contributed by atoms with Crippen molar-refractivity contribution in [1.82, 2.24) is 15.2 Å². The lowest BCUT2D eigenvalue weighted by molar-refractivity contribution is -0.129. The van der Waals surface area contributed by atoms with E-state index < -0.39 is 0 Å². The minimum Gasteiger partial charge on any atom is -0.472 e. The van der Waals surface area contributed by atoms with E-state index in [1.807, 2.05) is 18.2 Å². The third-order valence-electron chi connectivity index (χ3n) is 3.86. The van der Waals surface area contributed by atoms with Crippen LogP contribution in [0.4, 0.5) is 0 Å². The van der Waals surface area contributed by atoms with Gasteiger partial charge >= 0.3 is 0 Å². The second-order valence-electron chi connectivity index (χ2n) is 5.58. The number of carbonyl (C=O) groups excluding carboxylic acids is 2. The molecule has 1 saturated heterocycles. The lowest BCUT2D eigenvalue weighted by Gasteiger charge is -2.17. The number of pyridine rings is 1. The number of amides is 2. The van der Waals surface area contributed by atoms with Gasteiger partial charge in [-0.3, -0.25) is 9.59 Å². The van der Waals surface area contributed by atoms with Crippen molar-refractivity contribution >= 4 is 11.8 Å². The predicted molar refractivity (Wildman–Crippen MR) is 88.6 cm³/mol. The zero-order valence-corrected chi connectivity index (χ0v) is 13.2. The lowest BCUT2D eigenvalue weighted by atomic mass is 10.2. The Balaban J connectivity index is 1.45. The molecule has 1 aromatic heterocycles. The summed E-state index contributed by atoms with van der Waals surface area (Å²) in [7, 11) is 0. The standard InChI is InChI=1S/C18H19N3O3/c22-17(12-20-18(23)14-6-2-1-3-7-14)21-11-9-15(13-21)24-16-8-4-5-10-19-16/h1-8,10,15H,9,11-13H2,(H,20,23). The summed E-state index contributed by atoms with van der Waals surface area (Å²) in [5, 5.41) is 2.66. The van der Waals surface area contributed by atoms with Gasteiger partial charge in [-0.25, -0.2) is 4.98 Å². The fraction of sp³-hybridized carbons (Fsp3) is 0.278. The SMILES string of the molecule is O=C(NCC(=O)N1CCC(Oc2ccccn2)C1)c1ccccc1. The van der Waals surface area contributed by atoms with Gasteiger partial charge in [-0.05, 0) is 18.2 Å². The predicted octanol–water partition coefficient (Wildman–Crippen LogP) is 1.49. The van der Waals surface area contributed by atoms with Crippen LogP contribution in [0.15, 0.2) is 54.7 Å². The Morgan fingerprint density at radius 2 is 1.96 bits per heavy atom. The Hall–Kier alpha value is -2.89. The van der Waals surface area contributed by atoms with Crippen LogP contribution in [0, 0.1) is 0 Å². The average Bonchev–Trinajstić information content (AvgIpc) is 3.09. The normalized spacial score (nSPS) is 16.7. The first-order chi connectivity index (χ1) is 11.7. The van der Waals surface area contributed by atoms with Crippen molar-refractivity contribution in [3.05, 3.63) is 60.3 Å². The molecule has 0 radical (unpaired) electrons. The molecule has 0 saturated carbocycles. The Labute approximate surface area is 140 Å². The molecule has 2 aromatic rings. The molecule has 0 spiro atoms. The van der Waals surface area contributed by atoms with Gasteiger partial charge in [0.2, 0.25) is 11.8 Å². The van der Waals surface area contributed by atoms with Crippen molar-refractivity contribution in [2.75, 3.05) is 19.6 Å². The smallest absolute Gasteiger partial charge is 0.251 e. The van der Waals surface area contributed by atoms with Gasteiger partial charge in [-0.2, -0.15) is 0 Å². The van der Waals surface area contributed by atoms with Gasteiger partial charge in [0.25, 0.3) is 5.91 Å². The van der Waals surface area contributed by atoms with Crippen molar-refractivity contribution in [2.45, 2.75) is 12.5 Å². The topological polar surface area (TPSA) is 71.5 Å².